The van der Waals surface area contributed by atoms with Crippen LogP contribution >= 0.6 is 0 Å². The first-order valence-corrected chi connectivity index (χ1v) is 34.4. The Morgan fingerprint density at radius 3 is 0.848 bits per heavy atom. The van der Waals surface area contributed by atoms with Gasteiger partial charge in [-0.15, -0.1) is 0 Å². The number of rotatable bonds is 63. The van der Waals surface area contributed by atoms with E-state index in [-0.39, 0.29) is 37.5 Å². The molecule has 79 heavy (non-hydrogen) atoms. The van der Waals surface area contributed by atoms with Gasteiger partial charge in [0.15, 0.2) is 6.10 Å². The maximum Gasteiger partial charge on any atom is 0.306 e. The highest BCUT2D eigenvalue weighted by Crippen LogP contribution is 2.17. The van der Waals surface area contributed by atoms with Crippen LogP contribution in [-0.2, 0) is 28.6 Å². The summed E-state index contributed by atoms with van der Waals surface area (Å²) in [4.78, 5) is 38.3. The Kier molecular flexibility index (Phi) is 64.7. The second-order valence-corrected chi connectivity index (χ2v) is 23.1. The van der Waals surface area contributed by atoms with E-state index in [9.17, 15) is 14.4 Å². The molecule has 0 aliphatic rings. The summed E-state index contributed by atoms with van der Waals surface area (Å²) in [6.45, 7) is 6.51. The quantitative estimate of drug-likeness (QED) is 0.0261. The van der Waals surface area contributed by atoms with Gasteiger partial charge in [-0.3, -0.25) is 14.4 Å². The summed E-state index contributed by atoms with van der Waals surface area (Å²) in [5.74, 6) is -0.964. The summed E-state index contributed by atoms with van der Waals surface area (Å²) in [6, 6.07) is 0. The van der Waals surface area contributed by atoms with Gasteiger partial charge in [-0.2, -0.15) is 0 Å². The van der Waals surface area contributed by atoms with Crippen molar-refractivity contribution in [1.29, 1.82) is 0 Å². The Balaban J connectivity index is 4.29. The van der Waals surface area contributed by atoms with Crippen LogP contribution < -0.4 is 0 Å². The smallest absolute Gasteiger partial charge is 0.306 e. The molecule has 1 unspecified atom stereocenters. The van der Waals surface area contributed by atoms with E-state index in [4.69, 9.17) is 14.2 Å². The Hall–Kier alpha value is -3.15. The highest BCUT2D eigenvalue weighted by molar-refractivity contribution is 5.71. The van der Waals surface area contributed by atoms with Crippen LogP contribution in [-0.4, -0.2) is 37.2 Å². The van der Waals surface area contributed by atoms with Gasteiger partial charge in [0.25, 0.3) is 0 Å². The molecular weight excluding hydrogens is 973 g/mol. The number of allylic oxidation sites excluding steroid dienone is 12. The molecule has 0 spiro atoms. The second-order valence-electron chi connectivity index (χ2n) is 23.1. The molecule has 0 aromatic carbocycles. The van der Waals surface area contributed by atoms with Crippen LogP contribution in [0.1, 0.15) is 355 Å². The zero-order valence-electron chi connectivity index (χ0n) is 52.6. The van der Waals surface area contributed by atoms with Crippen molar-refractivity contribution in [1.82, 2.24) is 0 Å². The molecule has 0 radical (unpaired) electrons. The molecule has 0 saturated heterocycles. The highest BCUT2D eigenvalue weighted by Gasteiger charge is 2.19. The van der Waals surface area contributed by atoms with E-state index >= 15 is 0 Å². The predicted molar refractivity (Wildman–Crippen MR) is 344 cm³/mol. The first-order valence-electron chi connectivity index (χ1n) is 34.4. The summed E-state index contributed by atoms with van der Waals surface area (Å²) >= 11 is 0. The van der Waals surface area contributed by atoms with Crippen molar-refractivity contribution < 1.29 is 28.6 Å². The second kappa shape index (κ2) is 67.4. The van der Waals surface area contributed by atoms with E-state index in [1.807, 2.05) is 6.08 Å². The fourth-order valence-corrected chi connectivity index (χ4v) is 10.0. The average Bonchev–Trinajstić information content (AvgIpc) is 3.45. The zero-order chi connectivity index (χ0) is 57.1. The van der Waals surface area contributed by atoms with Gasteiger partial charge in [-0.1, -0.05) is 312 Å². The first kappa shape index (κ1) is 75.8. The van der Waals surface area contributed by atoms with E-state index in [0.29, 0.717) is 19.3 Å². The highest BCUT2D eigenvalue weighted by atomic mass is 16.6. The van der Waals surface area contributed by atoms with Gasteiger partial charge in [-0.05, 0) is 96.3 Å². The fourth-order valence-electron chi connectivity index (χ4n) is 10.0. The molecule has 0 amide bonds. The van der Waals surface area contributed by atoms with Crippen molar-refractivity contribution >= 4 is 17.9 Å². The third-order valence-corrected chi connectivity index (χ3v) is 15.2. The Labute approximate surface area is 491 Å². The molecule has 0 rings (SSSR count). The van der Waals surface area contributed by atoms with E-state index in [0.717, 1.165) is 64.2 Å². The van der Waals surface area contributed by atoms with E-state index in [1.165, 1.54) is 244 Å². The number of hydrogen-bond acceptors (Lipinski definition) is 6. The molecule has 0 fully saturated rings. The van der Waals surface area contributed by atoms with Crippen LogP contribution in [0.25, 0.3) is 0 Å². The summed E-state index contributed by atoms with van der Waals surface area (Å²) in [6.07, 6.45) is 88.1. The van der Waals surface area contributed by atoms with Gasteiger partial charge in [0.05, 0.1) is 0 Å². The van der Waals surface area contributed by atoms with Crippen LogP contribution in [0.4, 0.5) is 0 Å². The fraction of sp³-hybridized carbons (Fsp3) is 0.795. The Morgan fingerprint density at radius 2 is 0.519 bits per heavy atom. The van der Waals surface area contributed by atoms with E-state index < -0.39 is 6.10 Å². The monoisotopic (exact) mass is 1100 g/mol. The molecule has 6 heteroatoms. The minimum Gasteiger partial charge on any atom is -0.462 e. The average molecular weight is 1100 g/mol. The number of esters is 3. The third-order valence-electron chi connectivity index (χ3n) is 15.2. The van der Waals surface area contributed by atoms with Crippen LogP contribution in [0.2, 0.25) is 0 Å². The predicted octanol–water partition coefficient (Wildman–Crippen LogP) is 23.7. The molecule has 1 atom stereocenters. The number of carbonyl (C=O) groups is 3. The lowest BCUT2D eigenvalue weighted by Crippen LogP contribution is -2.30. The molecule has 0 aromatic rings. The molecule has 0 aliphatic heterocycles. The minimum atomic E-state index is -0.805. The van der Waals surface area contributed by atoms with E-state index in [1.54, 1.807) is 0 Å². The van der Waals surface area contributed by atoms with Crippen molar-refractivity contribution in [2.75, 3.05) is 13.2 Å². The van der Waals surface area contributed by atoms with Gasteiger partial charge in [-0.25, -0.2) is 0 Å². The topological polar surface area (TPSA) is 78.9 Å². The summed E-state index contributed by atoms with van der Waals surface area (Å²) < 4.78 is 16.9. The maximum absolute atomic E-state index is 12.9. The van der Waals surface area contributed by atoms with Crippen LogP contribution in [0.3, 0.4) is 0 Å². The maximum atomic E-state index is 12.9. The largest absolute Gasteiger partial charge is 0.462 e. The molecule has 0 bridgehead atoms. The standard InChI is InChI=1S/C73H130O6/c1-4-7-10-13-16-19-22-25-27-29-31-33-35-36-38-39-41-43-45-48-51-54-57-60-63-66-72(75)78-69-70(68-77-71(74)65-62-59-56-53-50-47-24-21-18-15-12-9-6-3)79-73(76)67-64-61-58-55-52-49-46-44-42-40-37-34-32-30-28-26-23-20-17-14-11-8-5-2/h9,12,18,21,29-32,47,50,56,59,70H,4-8,10-11,13-17,19-20,22-28,33-46,48-49,51-55,57-58,60-69H2,1-3H3/b12-9-,21-18-,31-29-,32-30-,50-47-,59-56-. The number of ether oxygens (including phenoxy) is 3. The molecule has 0 aromatic heterocycles. The van der Waals surface area contributed by atoms with Gasteiger partial charge in [0.1, 0.15) is 13.2 Å². The van der Waals surface area contributed by atoms with Crippen LogP contribution in [0.15, 0.2) is 72.9 Å². The van der Waals surface area contributed by atoms with Gasteiger partial charge in [0.2, 0.25) is 0 Å². The SMILES string of the molecule is CC/C=C\C/C=C\C/C=C\C/C=C\CCC(=O)OCC(COC(=O)CCCCCCCCCCCCCCC/C=C\CCCCCCCCCC)OC(=O)CCCCCCCCCCCCC/C=C\CCCCCCCCCC. The van der Waals surface area contributed by atoms with Gasteiger partial charge < -0.3 is 14.2 Å². The molecule has 0 N–H and O–H groups in total. The van der Waals surface area contributed by atoms with E-state index in [2.05, 4.69) is 87.6 Å². The lowest BCUT2D eigenvalue weighted by atomic mass is 10.0. The van der Waals surface area contributed by atoms with Gasteiger partial charge in [0, 0.05) is 19.3 Å². The molecule has 0 heterocycles. The first-order chi connectivity index (χ1) is 39.0. The van der Waals surface area contributed by atoms with Crippen molar-refractivity contribution in [3.05, 3.63) is 72.9 Å². The summed E-state index contributed by atoms with van der Waals surface area (Å²) in [5.41, 5.74) is 0. The molecular formula is C73H130O6. The van der Waals surface area contributed by atoms with Crippen molar-refractivity contribution in [2.24, 2.45) is 0 Å². The molecule has 0 aliphatic carbocycles. The van der Waals surface area contributed by atoms with Crippen molar-refractivity contribution in [2.45, 2.75) is 361 Å². The lowest BCUT2D eigenvalue weighted by Gasteiger charge is -2.18. The third kappa shape index (κ3) is 65.5. The molecule has 6 nitrogen and oxygen atoms in total. The van der Waals surface area contributed by atoms with Crippen LogP contribution in [0.5, 0.6) is 0 Å². The molecule has 458 valence electrons. The number of hydrogen-bond donors (Lipinski definition) is 0. The number of carbonyl (C=O) groups excluding carboxylic acids is 3. The number of unbranched alkanes of at least 4 members (excludes halogenated alkanes) is 40. The summed E-state index contributed by atoms with van der Waals surface area (Å²) in [7, 11) is 0. The van der Waals surface area contributed by atoms with Crippen LogP contribution in [0, 0.1) is 0 Å². The lowest BCUT2D eigenvalue weighted by molar-refractivity contribution is -0.166. The Bertz CT molecular complexity index is 1450. The van der Waals surface area contributed by atoms with Crippen molar-refractivity contribution in [3.63, 3.8) is 0 Å². The summed E-state index contributed by atoms with van der Waals surface area (Å²) in [5, 5.41) is 0. The normalized spacial score (nSPS) is 12.5. The Morgan fingerprint density at radius 1 is 0.266 bits per heavy atom. The van der Waals surface area contributed by atoms with Gasteiger partial charge >= 0.3 is 17.9 Å². The molecule has 0 saturated carbocycles. The zero-order valence-corrected chi connectivity index (χ0v) is 52.6. The minimum absolute atomic E-state index is 0.0953. The van der Waals surface area contributed by atoms with Crippen molar-refractivity contribution in [3.8, 4) is 0 Å².